The predicted octanol–water partition coefficient (Wildman–Crippen LogP) is 2.10. The van der Waals surface area contributed by atoms with Gasteiger partial charge in [0.15, 0.2) is 11.3 Å². The fourth-order valence-electron chi connectivity index (χ4n) is 2.66. The summed E-state index contributed by atoms with van der Waals surface area (Å²) in [6.07, 6.45) is 0. The van der Waals surface area contributed by atoms with Gasteiger partial charge in [0, 0.05) is 18.1 Å². The Morgan fingerprint density at radius 1 is 1.12 bits per heavy atom. The minimum absolute atomic E-state index is 0.204. The molecule has 0 radical (unpaired) electrons. The molecule has 0 aliphatic rings. The average Bonchev–Trinajstić information content (AvgIpc) is 2.55. The summed E-state index contributed by atoms with van der Waals surface area (Å²) >= 11 is 0. The van der Waals surface area contributed by atoms with Crippen molar-refractivity contribution in [3.05, 3.63) is 75.8 Å². The number of aliphatic carboxylic acids is 1. The summed E-state index contributed by atoms with van der Waals surface area (Å²) in [4.78, 5) is 34.3. The van der Waals surface area contributed by atoms with Crippen LogP contribution < -0.4 is 5.73 Å². The lowest BCUT2D eigenvalue weighted by Crippen LogP contribution is -2.58. The first-order chi connectivity index (χ1) is 11.3. The number of nitro benzene ring substituents is 1. The number of nitro groups is 1. The van der Waals surface area contributed by atoms with E-state index in [4.69, 9.17) is 5.73 Å². The van der Waals surface area contributed by atoms with Crippen LogP contribution in [-0.2, 0) is 9.59 Å². The number of carboxylic acids is 1. The third-order valence-corrected chi connectivity index (χ3v) is 3.94. The Balaban J connectivity index is 2.73. The lowest BCUT2D eigenvalue weighted by atomic mass is 9.73. The summed E-state index contributed by atoms with van der Waals surface area (Å²) in [6.45, 7) is 1.10. The monoisotopic (exact) mass is 328 g/mol. The Kier molecular flexibility index (Phi) is 4.75. The van der Waals surface area contributed by atoms with E-state index in [1.807, 2.05) is 0 Å². The highest BCUT2D eigenvalue weighted by Crippen LogP contribution is 2.36. The standard InChI is InChI=1S/C17H16N2O5/c1-11(20)17(18,16(21)22)15(12-6-3-2-4-7-12)13-8-5-9-14(10-13)19(23)24/h2-10,15H,18H2,1H3,(H,21,22). The quantitative estimate of drug-likeness (QED) is 0.475. The number of carbonyl (C=O) groups is 2. The van der Waals surface area contributed by atoms with Crippen LogP contribution in [-0.4, -0.2) is 27.3 Å². The molecule has 2 atom stereocenters. The van der Waals surface area contributed by atoms with E-state index in [-0.39, 0.29) is 11.3 Å². The van der Waals surface area contributed by atoms with Gasteiger partial charge in [-0.3, -0.25) is 14.9 Å². The van der Waals surface area contributed by atoms with Crippen molar-refractivity contribution in [3.63, 3.8) is 0 Å². The van der Waals surface area contributed by atoms with E-state index >= 15 is 0 Å². The molecule has 2 aromatic carbocycles. The molecule has 124 valence electrons. The molecular formula is C17H16N2O5. The Morgan fingerprint density at radius 3 is 2.21 bits per heavy atom. The number of Topliss-reactive ketones (excluding diaryl/α,β-unsaturated/α-hetero) is 1. The van der Waals surface area contributed by atoms with Crippen molar-refractivity contribution in [2.24, 2.45) is 5.73 Å². The van der Waals surface area contributed by atoms with Gasteiger partial charge in [-0.25, -0.2) is 4.79 Å². The van der Waals surface area contributed by atoms with Crippen molar-refractivity contribution in [3.8, 4) is 0 Å². The number of benzene rings is 2. The summed E-state index contributed by atoms with van der Waals surface area (Å²) in [5, 5.41) is 20.6. The topological polar surface area (TPSA) is 124 Å². The highest BCUT2D eigenvalue weighted by Gasteiger charge is 2.48. The molecule has 2 unspecified atom stereocenters. The number of nitrogens with zero attached hydrogens (tertiary/aromatic N) is 1. The molecule has 0 fully saturated rings. The van der Waals surface area contributed by atoms with E-state index in [0.717, 1.165) is 6.92 Å². The van der Waals surface area contributed by atoms with Gasteiger partial charge in [0.1, 0.15) is 0 Å². The molecule has 2 aromatic rings. The summed E-state index contributed by atoms with van der Waals surface area (Å²) in [5.41, 5.74) is 4.33. The Morgan fingerprint density at radius 2 is 1.71 bits per heavy atom. The zero-order valence-corrected chi connectivity index (χ0v) is 12.9. The van der Waals surface area contributed by atoms with Gasteiger partial charge in [0.25, 0.3) is 5.69 Å². The first-order valence-corrected chi connectivity index (χ1v) is 7.11. The van der Waals surface area contributed by atoms with Crippen LogP contribution in [0.5, 0.6) is 0 Å². The van der Waals surface area contributed by atoms with E-state index < -0.39 is 28.1 Å². The van der Waals surface area contributed by atoms with Crippen LogP contribution in [0.4, 0.5) is 5.69 Å². The van der Waals surface area contributed by atoms with Crippen molar-refractivity contribution in [1.29, 1.82) is 0 Å². The van der Waals surface area contributed by atoms with Gasteiger partial charge in [-0.05, 0) is 18.1 Å². The zero-order chi connectivity index (χ0) is 17.9. The average molecular weight is 328 g/mol. The Hall–Kier alpha value is -3.06. The number of hydrogen-bond acceptors (Lipinski definition) is 5. The molecule has 0 bridgehead atoms. The normalized spacial score (nSPS) is 14.4. The molecule has 0 amide bonds. The largest absolute Gasteiger partial charge is 0.480 e. The molecule has 0 spiro atoms. The third kappa shape index (κ3) is 3.02. The van der Waals surface area contributed by atoms with Crippen molar-refractivity contribution in [1.82, 2.24) is 0 Å². The van der Waals surface area contributed by atoms with Crippen LogP contribution >= 0.6 is 0 Å². The van der Waals surface area contributed by atoms with Gasteiger partial charge in [-0.2, -0.15) is 0 Å². The molecule has 2 rings (SSSR count). The van der Waals surface area contributed by atoms with Crippen LogP contribution in [0.2, 0.25) is 0 Å². The molecule has 0 saturated carbocycles. The fraction of sp³-hybridized carbons (Fsp3) is 0.176. The molecule has 0 aromatic heterocycles. The summed E-state index contributed by atoms with van der Waals surface area (Å²) in [6, 6.07) is 13.9. The van der Waals surface area contributed by atoms with E-state index in [0.29, 0.717) is 5.56 Å². The van der Waals surface area contributed by atoms with Crippen molar-refractivity contribution in [2.75, 3.05) is 0 Å². The molecule has 7 heteroatoms. The molecular weight excluding hydrogens is 312 g/mol. The smallest absolute Gasteiger partial charge is 0.332 e. The molecule has 24 heavy (non-hydrogen) atoms. The Labute approximate surface area is 137 Å². The number of rotatable bonds is 6. The molecule has 0 saturated heterocycles. The molecule has 3 N–H and O–H groups in total. The van der Waals surface area contributed by atoms with Crippen LogP contribution in [0.3, 0.4) is 0 Å². The molecule has 0 aliphatic heterocycles. The fourth-order valence-corrected chi connectivity index (χ4v) is 2.66. The SMILES string of the molecule is CC(=O)C(N)(C(=O)O)C(c1ccccc1)c1cccc([N+](=O)[O-])c1. The highest BCUT2D eigenvalue weighted by molar-refractivity contribution is 6.08. The summed E-state index contributed by atoms with van der Waals surface area (Å²) in [7, 11) is 0. The van der Waals surface area contributed by atoms with E-state index in [2.05, 4.69) is 0 Å². The highest BCUT2D eigenvalue weighted by atomic mass is 16.6. The Bertz CT molecular complexity index is 775. The summed E-state index contributed by atoms with van der Waals surface area (Å²) < 4.78 is 0. The van der Waals surface area contributed by atoms with Gasteiger partial charge in [0.05, 0.1) is 4.92 Å². The number of non-ortho nitro benzene ring substituents is 1. The van der Waals surface area contributed by atoms with E-state index in [1.165, 1.54) is 24.3 Å². The van der Waals surface area contributed by atoms with Crippen LogP contribution in [0, 0.1) is 10.1 Å². The maximum absolute atomic E-state index is 12.1. The molecule has 7 nitrogen and oxygen atoms in total. The van der Waals surface area contributed by atoms with Gasteiger partial charge in [0.2, 0.25) is 0 Å². The first kappa shape index (κ1) is 17.3. The number of nitrogens with two attached hydrogens (primary N) is 1. The number of carboxylic acid groups (broad SMARTS) is 1. The first-order valence-electron chi connectivity index (χ1n) is 7.11. The molecule has 0 heterocycles. The van der Waals surface area contributed by atoms with Gasteiger partial charge < -0.3 is 10.8 Å². The van der Waals surface area contributed by atoms with Gasteiger partial charge in [-0.15, -0.1) is 0 Å². The number of hydrogen-bond donors (Lipinski definition) is 2. The number of ketones is 1. The lowest BCUT2D eigenvalue weighted by molar-refractivity contribution is -0.384. The summed E-state index contributed by atoms with van der Waals surface area (Å²) in [5.74, 6) is -3.29. The van der Waals surface area contributed by atoms with Crippen molar-refractivity contribution in [2.45, 2.75) is 18.4 Å². The maximum Gasteiger partial charge on any atom is 0.332 e. The van der Waals surface area contributed by atoms with Crippen LogP contribution in [0.25, 0.3) is 0 Å². The lowest BCUT2D eigenvalue weighted by Gasteiger charge is -2.32. The third-order valence-electron chi connectivity index (χ3n) is 3.94. The minimum atomic E-state index is -2.24. The van der Waals surface area contributed by atoms with E-state index in [1.54, 1.807) is 30.3 Å². The van der Waals surface area contributed by atoms with Crippen molar-refractivity contribution >= 4 is 17.4 Å². The maximum atomic E-state index is 12.1. The zero-order valence-electron chi connectivity index (χ0n) is 12.9. The van der Waals surface area contributed by atoms with Gasteiger partial charge in [-0.1, -0.05) is 42.5 Å². The second-order valence-corrected chi connectivity index (χ2v) is 5.43. The second-order valence-electron chi connectivity index (χ2n) is 5.43. The van der Waals surface area contributed by atoms with Crippen LogP contribution in [0.15, 0.2) is 54.6 Å². The molecule has 0 aliphatic carbocycles. The predicted molar refractivity (Wildman–Crippen MR) is 86.6 cm³/mol. The van der Waals surface area contributed by atoms with Gasteiger partial charge >= 0.3 is 5.97 Å². The van der Waals surface area contributed by atoms with Crippen LogP contribution in [0.1, 0.15) is 24.0 Å². The van der Waals surface area contributed by atoms with Crippen molar-refractivity contribution < 1.29 is 19.6 Å². The minimum Gasteiger partial charge on any atom is -0.480 e. The van der Waals surface area contributed by atoms with E-state index in [9.17, 15) is 24.8 Å². The number of carbonyl (C=O) groups excluding carboxylic acids is 1. The second kappa shape index (κ2) is 6.59.